The number of nitrogens with zero attached hydrogens (tertiary/aromatic N) is 4. The van der Waals surface area contributed by atoms with Gasteiger partial charge in [-0.2, -0.15) is 0 Å². The summed E-state index contributed by atoms with van der Waals surface area (Å²) in [6.07, 6.45) is 3.46. The molecule has 2 aromatic carbocycles. The van der Waals surface area contributed by atoms with Crippen molar-refractivity contribution in [2.24, 2.45) is 0 Å². The van der Waals surface area contributed by atoms with Gasteiger partial charge in [-0.15, -0.1) is 11.3 Å². The number of nitrogens with one attached hydrogen (secondary N) is 1. The summed E-state index contributed by atoms with van der Waals surface area (Å²) < 4.78 is 0. The van der Waals surface area contributed by atoms with E-state index in [9.17, 15) is 4.79 Å². The van der Waals surface area contributed by atoms with Crippen molar-refractivity contribution in [1.82, 2.24) is 24.9 Å². The summed E-state index contributed by atoms with van der Waals surface area (Å²) in [5.74, 6) is 0. The molecule has 0 aliphatic rings. The average molecular weight is 433 g/mol. The lowest BCUT2D eigenvalue weighted by atomic mass is 10.0. The minimum absolute atomic E-state index is 0.231. The van der Waals surface area contributed by atoms with Gasteiger partial charge in [-0.1, -0.05) is 42.5 Å². The first-order valence-electron chi connectivity index (χ1n) is 10.0. The molecule has 0 fully saturated rings. The highest BCUT2D eigenvalue weighted by molar-refractivity contribution is 7.13. The van der Waals surface area contributed by atoms with E-state index >= 15 is 0 Å². The van der Waals surface area contributed by atoms with Gasteiger partial charge in [0.15, 0.2) is 5.65 Å². The van der Waals surface area contributed by atoms with Gasteiger partial charge < -0.3 is 4.98 Å². The molecular weight excluding hydrogens is 418 g/mol. The average Bonchev–Trinajstić information content (AvgIpc) is 3.38. The molecule has 0 unspecified atom stereocenters. The second-order valence-corrected chi connectivity index (χ2v) is 8.18. The predicted molar refractivity (Wildman–Crippen MR) is 127 cm³/mol. The van der Waals surface area contributed by atoms with Gasteiger partial charge in [-0.05, 0) is 24.3 Å². The van der Waals surface area contributed by atoms with Gasteiger partial charge in [0.25, 0.3) is 5.56 Å². The molecule has 6 aromatic rings. The number of aromatic nitrogens is 5. The predicted octanol–water partition coefficient (Wildman–Crippen LogP) is 5.32. The molecule has 7 heteroatoms. The van der Waals surface area contributed by atoms with Gasteiger partial charge >= 0.3 is 0 Å². The Morgan fingerprint density at radius 3 is 2.47 bits per heavy atom. The maximum absolute atomic E-state index is 12.7. The van der Waals surface area contributed by atoms with E-state index in [2.05, 4.69) is 21.0 Å². The van der Waals surface area contributed by atoms with Crippen LogP contribution in [0.2, 0.25) is 0 Å². The van der Waals surface area contributed by atoms with Crippen LogP contribution in [0, 0.1) is 0 Å². The topological polar surface area (TPSA) is 84.4 Å². The van der Waals surface area contributed by atoms with Crippen LogP contribution in [0.4, 0.5) is 0 Å². The van der Waals surface area contributed by atoms with Crippen molar-refractivity contribution >= 4 is 33.4 Å². The van der Waals surface area contributed by atoms with E-state index in [1.807, 2.05) is 60.0 Å². The summed E-state index contributed by atoms with van der Waals surface area (Å²) in [7, 11) is 0. The van der Waals surface area contributed by atoms with Crippen molar-refractivity contribution in [1.29, 1.82) is 0 Å². The molecule has 0 saturated heterocycles. The van der Waals surface area contributed by atoms with Gasteiger partial charge in [-0.25, -0.2) is 15.0 Å². The Morgan fingerprint density at radius 1 is 0.750 bits per heavy atom. The lowest BCUT2D eigenvalue weighted by Gasteiger charge is -2.11. The van der Waals surface area contributed by atoms with Crippen molar-refractivity contribution in [3.05, 3.63) is 94.9 Å². The lowest BCUT2D eigenvalue weighted by Crippen LogP contribution is -2.10. The summed E-state index contributed by atoms with van der Waals surface area (Å²) in [5.41, 5.74) is 5.53. The van der Waals surface area contributed by atoms with E-state index in [0.29, 0.717) is 27.4 Å². The van der Waals surface area contributed by atoms with Crippen molar-refractivity contribution < 1.29 is 0 Å². The van der Waals surface area contributed by atoms with Gasteiger partial charge in [-0.3, -0.25) is 9.78 Å². The molecule has 0 aliphatic heterocycles. The van der Waals surface area contributed by atoms with E-state index in [-0.39, 0.29) is 5.56 Å². The Kier molecular flexibility index (Phi) is 4.33. The Hall–Kier alpha value is -4.23. The van der Waals surface area contributed by atoms with E-state index in [4.69, 9.17) is 9.97 Å². The van der Waals surface area contributed by atoms with Crippen molar-refractivity contribution in [3.63, 3.8) is 0 Å². The van der Waals surface area contributed by atoms with Gasteiger partial charge in [0.05, 0.1) is 22.5 Å². The van der Waals surface area contributed by atoms with Gasteiger partial charge in [0, 0.05) is 34.3 Å². The first kappa shape index (κ1) is 18.5. The molecule has 0 atom stereocenters. The fourth-order valence-electron chi connectivity index (χ4n) is 3.75. The summed E-state index contributed by atoms with van der Waals surface area (Å²) in [5, 5.41) is 3.52. The molecule has 0 bridgehead atoms. The number of thiazole rings is 1. The van der Waals surface area contributed by atoms with Crippen molar-refractivity contribution in [2.45, 2.75) is 0 Å². The Labute approximate surface area is 186 Å². The molecule has 0 saturated carbocycles. The van der Waals surface area contributed by atoms with Gasteiger partial charge in [0.1, 0.15) is 10.5 Å². The SMILES string of the molecule is O=c1[nH]c2nc(-c3ccccc3)c(-c3ccc4ncccc4c3)nc2cc1-c1nccs1. The summed E-state index contributed by atoms with van der Waals surface area (Å²) >= 11 is 1.41. The van der Waals surface area contributed by atoms with Gasteiger partial charge in [0.2, 0.25) is 0 Å². The first-order valence-corrected chi connectivity index (χ1v) is 10.9. The van der Waals surface area contributed by atoms with Crippen LogP contribution in [0.15, 0.2) is 89.3 Å². The molecule has 152 valence electrons. The molecule has 0 radical (unpaired) electrons. The maximum Gasteiger partial charge on any atom is 0.260 e. The number of hydrogen-bond acceptors (Lipinski definition) is 6. The molecule has 0 amide bonds. The fourth-order valence-corrected chi connectivity index (χ4v) is 4.41. The molecule has 4 aromatic heterocycles. The van der Waals surface area contributed by atoms with Crippen LogP contribution in [-0.4, -0.2) is 24.9 Å². The minimum Gasteiger partial charge on any atom is -0.305 e. The lowest BCUT2D eigenvalue weighted by molar-refractivity contribution is 1.19. The number of rotatable bonds is 3. The Morgan fingerprint density at radius 2 is 1.62 bits per heavy atom. The molecular formula is C25H15N5OS. The second kappa shape index (κ2) is 7.47. The van der Waals surface area contributed by atoms with Crippen LogP contribution < -0.4 is 5.56 Å². The third-order valence-corrected chi connectivity index (χ3v) is 6.07. The number of pyridine rings is 2. The van der Waals surface area contributed by atoms with Crippen LogP contribution in [0.3, 0.4) is 0 Å². The summed E-state index contributed by atoms with van der Waals surface area (Å²) in [4.78, 5) is 34.1. The van der Waals surface area contributed by atoms with Crippen LogP contribution in [-0.2, 0) is 0 Å². The number of aromatic amines is 1. The zero-order valence-corrected chi connectivity index (χ0v) is 17.5. The Balaban J connectivity index is 1.65. The standard InChI is InChI=1S/C25H15N5OS/c31-24-18(25-27-11-12-32-25)14-20-23(30-24)29-21(15-5-2-1-3-6-15)22(28-20)17-8-9-19-16(13-17)7-4-10-26-19/h1-14H,(H,29,30,31). The number of H-pyrrole nitrogens is 1. The van der Waals surface area contributed by atoms with Crippen LogP contribution in [0.25, 0.3) is 55.2 Å². The van der Waals surface area contributed by atoms with E-state index in [0.717, 1.165) is 27.7 Å². The maximum atomic E-state index is 12.7. The highest BCUT2D eigenvalue weighted by Gasteiger charge is 2.16. The summed E-state index contributed by atoms with van der Waals surface area (Å²) in [6.45, 7) is 0. The molecule has 6 rings (SSSR count). The van der Waals surface area contributed by atoms with Crippen LogP contribution in [0.1, 0.15) is 0 Å². The molecule has 4 heterocycles. The zero-order valence-electron chi connectivity index (χ0n) is 16.7. The van der Waals surface area contributed by atoms with Crippen LogP contribution in [0.5, 0.6) is 0 Å². The monoisotopic (exact) mass is 433 g/mol. The molecule has 1 N–H and O–H groups in total. The third kappa shape index (κ3) is 3.16. The first-order chi connectivity index (χ1) is 15.8. The van der Waals surface area contributed by atoms with Crippen molar-refractivity contribution in [2.75, 3.05) is 0 Å². The number of fused-ring (bicyclic) bond motifs is 2. The van der Waals surface area contributed by atoms with Crippen LogP contribution >= 0.6 is 11.3 Å². The highest BCUT2D eigenvalue weighted by atomic mass is 32.1. The van der Waals surface area contributed by atoms with Crippen molar-refractivity contribution in [3.8, 4) is 33.1 Å². The number of benzene rings is 2. The Bertz CT molecular complexity index is 1640. The quantitative estimate of drug-likeness (QED) is 0.408. The highest BCUT2D eigenvalue weighted by Crippen LogP contribution is 2.32. The van der Waals surface area contributed by atoms with E-state index < -0.39 is 0 Å². The largest absolute Gasteiger partial charge is 0.305 e. The van der Waals surface area contributed by atoms with E-state index in [1.54, 1.807) is 18.5 Å². The number of hydrogen-bond donors (Lipinski definition) is 1. The molecule has 0 aliphatic carbocycles. The van der Waals surface area contributed by atoms with E-state index in [1.165, 1.54) is 11.3 Å². The normalized spacial score (nSPS) is 11.2. The molecule has 0 spiro atoms. The fraction of sp³-hybridized carbons (Fsp3) is 0. The zero-order chi connectivity index (χ0) is 21.5. The molecule has 32 heavy (non-hydrogen) atoms. The third-order valence-electron chi connectivity index (χ3n) is 5.27. The summed E-state index contributed by atoms with van der Waals surface area (Å²) in [6, 6.07) is 21.6. The molecule has 6 nitrogen and oxygen atoms in total. The second-order valence-electron chi connectivity index (χ2n) is 7.28. The smallest absolute Gasteiger partial charge is 0.260 e. The minimum atomic E-state index is -0.231.